The molecule has 2 rings (SSSR count). The molecule has 1 aromatic carbocycles. The fraction of sp³-hybridized carbons (Fsp3) is 0.600. The summed E-state index contributed by atoms with van der Waals surface area (Å²) in [5.74, 6) is 0. The largest absolute Gasteiger partial charge is 0.414 e. The predicted octanol–water partition coefficient (Wildman–Crippen LogP) is 3.21. The first-order valence-electron chi connectivity index (χ1n) is 7.14. The third-order valence-corrected chi connectivity index (χ3v) is 10.8. The first kappa shape index (κ1) is 16.7. The van der Waals surface area contributed by atoms with Crippen molar-refractivity contribution in [2.75, 3.05) is 6.61 Å². The van der Waals surface area contributed by atoms with Crippen molar-refractivity contribution in [2.45, 2.75) is 55.3 Å². The molecule has 0 amide bonds. The van der Waals surface area contributed by atoms with Crippen molar-refractivity contribution in [1.29, 1.82) is 0 Å². The van der Waals surface area contributed by atoms with Crippen LogP contribution in [0.4, 0.5) is 0 Å². The molecule has 6 heteroatoms. The molecule has 1 heterocycles. The fourth-order valence-electron chi connectivity index (χ4n) is 1.77. The quantitative estimate of drug-likeness (QED) is 0.615. The Kier molecular flexibility index (Phi) is 4.37. The van der Waals surface area contributed by atoms with Gasteiger partial charge in [-0.25, -0.2) is 8.42 Å². The van der Waals surface area contributed by atoms with Crippen molar-refractivity contribution in [3.63, 3.8) is 0 Å². The van der Waals surface area contributed by atoms with Gasteiger partial charge in [0.05, 0.1) is 11.5 Å². The van der Waals surface area contributed by atoms with Gasteiger partial charge in [-0.15, -0.1) is 0 Å². The molecule has 1 aliphatic rings. The summed E-state index contributed by atoms with van der Waals surface area (Å²) >= 11 is 0. The van der Waals surface area contributed by atoms with E-state index in [0.717, 1.165) is 0 Å². The van der Waals surface area contributed by atoms with Crippen LogP contribution in [0.2, 0.25) is 18.1 Å². The first-order chi connectivity index (χ1) is 9.56. The van der Waals surface area contributed by atoms with Gasteiger partial charge < -0.3 is 9.16 Å². The highest BCUT2D eigenvalue weighted by Gasteiger charge is 2.51. The highest BCUT2D eigenvalue weighted by atomic mass is 32.2. The van der Waals surface area contributed by atoms with Crippen molar-refractivity contribution in [1.82, 2.24) is 0 Å². The van der Waals surface area contributed by atoms with Gasteiger partial charge >= 0.3 is 0 Å². The van der Waals surface area contributed by atoms with Gasteiger partial charge in [-0.05, 0) is 30.3 Å². The number of benzene rings is 1. The van der Waals surface area contributed by atoms with Crippen LogP contribution in [0.5, 0.6) is 0 Å². The molecule has 1 aromatic rings. The molecule has 0 aliphatic carbocycles. The van der Waals surface area contributed by atoms with Crippen molar-refractivity contribution in [2.24, 2.45) is 0 Å². The maximum absolute atomic E-state index is 12.4. The maximum Gasteiger partial charge on any atom is 0.207 e. The van der Waals surface area contributed by atoms with Crippen LogP contribution in [0.25, 0.3) is 0 Å². The molecule has 1 saturated heterocycles. The maximum atomic E-state index is 12.4. The zero-order valence-electron chi connectivity index (χ0n) is 13.3. The number of ether oxygens (including phenoxy) is 1. The lowest BCUT2D eigenvalue weighted by molar-refractivity contribution is 0.243. The number of rotatable bonds is 5. The van der Waals surface area contributed by atoms with Crippen LogP contribution >= 0.6 is 0 Å². The summed E-state index contributed by atoms with van der Waals surface area (Å²) in [6, 6.07) is 8.43. The van der Waals surface area contributed by atoms with Crippen molar-refractivity contribution < 1.29 is 17.6 Å². The van der Waals surface area contributed by atoms with E-state index in [-0.39, 0.29) is 11.1 Å². The molecule has 1 fully saturated rings. The Hall–Kier alpha value is -0.693. The van der Waals surface area contributed by atoms with Crippen LogP contribution in [0.1, 0.15) is 20.8 Å². The lowest BCUT2D eigenvalue weighted by atomic mass is 10.2. The molecule has 4 nitrogen and oxygen atoms in total. The highest BCUT2D eigenvalue weighted by molar-refractivity contribution is 7.92. The molecule has 0 N–H and O–H groups in total. The van der Waals surface area contributed by atoms with E-state index >= 15 is 0 Å². The summed E-state index contributed by atoms with van der Waals surface area (Å²) in [6.07, 6.45) is -0.343. The standard InChI is InChI=1S/C15H24O4SSi/c1-15(2,3)21(4,5)18-11-13-14(19-13)20(16,17)12-9-7-6-8-10-12/h6-10,13-14H,11H2,1-5H3/t13-,14?/m1/s1. The van der Waals surface area contributed by atoms with Crippen LogP contribution < -0.4 is 0 Å². The minimum absolute atomic E-state index is 0.107. The zero-order valence-corrected chi connectivity index (χ0v) is 15.1. The Morgan fingerprint density at radius 2 is 1.76 bits per heavy atom. The number of sulfone groups is 1. The third-order valence-electron chi connectivity index (χ3n) is 4.33. The smallest absolute Gasteiger partial charge is 0.207 e. The van der Waals surface area contributed by atoms with E-state index in [9.17, 15) is 8.42 Å². The summed E-state index contributed by atoms with van der Waals surface area (Å²) in [5.41, 5.74) is -0.760. The SMILES string of the molecule is CC(C)(C)[Si](C)(C)OC[C@H]1OC1S(=O)(=O)c1ccccc1. The Bertz CT molecular complexity index is 590. The first-order valence-corrected chi connectivity index (χ1v) is 11.6. The molecular weight excluding hydrogens is 304 g/mol. The summed E-state index contributed by atoms with van der Waals surface area (Å²) in [6.45, 7) is 11.1. The fourth-order valence-corrected chi connectivity index (χ4v) is 4.35. The molecule has 2 atom stereocenters. The lowest BCUT2D eigenvalue weighted by Crippen LogP contribution is -2.41. The topological polar surface area (TPSA) is 55.9 Å². The van der Waals surface area contributed by atoms with E-state index in [4.69, 9.17) is 9.16 Å². The summed E-state index contributed by atoms with van der Waals surface area (Å²) in [7, 11) is -5.28. The molecule has 1 aliphatic heterocycles. The van der Waals surface area contributed by atoms with Gasteiger partial charge in [-0.2, -0.15) is 0 Å². The Labute approximate surface area is 128 Å². The van der Waals surface area contributed by atoms with Crippen LogP contribution in [-0.4, -0.2) is 34.9 Å². The minimum Gasteiger partial charge on any atom is -0.414 e. The Morgan fingerprint density at radius 3 is 2.29 bits per heavy atom. The van der Waals surface area contributed by atoms with E-state index in [1.165, 1.54) is 0 Å². The second kappa shape index (κ2) is 5.50. The molecule has 0 radical (unpaired) electrons. The average molecular weight is 329 g/mol. The molecule has 0 saturated carbocycles. The van der Waals surface area contributed by atoms with Crippen LogP contribution in [0.15, 0.2) is 35.2 Å². The Balaban J connectivity index is 1.97. The number of epoxide rings is 1. The second-order valence-electron chi connectivity index (χ2n) is 6.97. The van der Waals surface area contributed by atoms with E-state index in [2.05, 4.69) is 33.9 Å². The third kappa shape index (κ3) is 3.56. The van der Waals surface area contributed by atoms with E-state index in [1.807, 2.05) is 0 Å². The molecule has 0 spiro atoms. The molecule has 0 bridgehead atoms. The van der Waals surface area contributed by atoms with Gasteiger partial charge in [0.1, 0.15) is 6.10 Å². The van der Waals surface area contributed by atoms with Crippen molar-refractivity contribution in [3.05, 3.63) is 30.3 Å². The second-order valence-corrected chi connectivity index (χ2v) is 13.8. The van der Waals surface area contributed by atoms with Gasteiger partial charge in [-0.1, -0.05) is 39.0 Å². The van der Waals surface area contributed by atoms with Gasteiger partial charge in [0, 0.05) is 0 Å². The molecule has 1 unspecified atom stereocenters. The monoisotopic (exact) mass is 328 g/mol. The van der Waals surface area contributed by atoms with Crippen molar-refractivity contribution >= 4 is 18.2 Å². The van der Waals surface area contributed by atoms with Gasteiger partial charge in [0.25, 0.3) is 0 Å². The lowest BCUT2D eigenvalue weighted by Gasteiger charge is -2.35. The molecule has 0 aromatic heterocycles. The summed E-state index contributed by atoms with van der Waals surface area (Å²) in [4.78, 5) is 0.310. The van der Waals surface area contributed by atoms with Gasteiger partial charge in [-0.3, -0.25) is 0 Å². The molecule has 118 valence electrons. The van der Waals surface area contributed by atoms with Gasteiger partial charge in [0.2, 0.25) is 9.84 Å². The van der Waals surface area contributed by atoms with Crippen LogP contribution in [-0.2, 0) is 19.0 Å². The van der Waals surface area contributed by atoms with E-state index < -0.39 is 23.6 Å². The highest BCUT2D eigenvalue weighted by Crippen LogP contribution is 2.39. The minimum atomic E-state index is -3.40. The van der Waals surface area contributed by atoms with Crippen molar-refractivity contribution in [3.8, 4) is 0 Å². The van der Waals surface area contributed by atoms with Crippen LogP contribution in [0, 0.1) is 0 Å². The number of hydrogen-bond acceptors (Lipinski definition) is 4. The van der Waals surface area contributed by atoms with E-state index in [1.54, 1.807) is 30.3 Å². The summed E-state index contributed by atoms with van der Waals surface area (Å²) in [5, 5.41) is 0.107. The predicted molar refractivity (Wildman–Crippen MR) is 85.4 cm³/mol. The molecular formula is C15H24O4SSi. The van der Waals surface area contributed by atoms with E-state index in [0.29, 0.717) is 11.5 Å². The molecule has 21 heavy (non-hydrogen) atoms. The average Bonchev–Trinajstić information content (AvgIpc) is 3.16. The van der Waals surface area contributed by atoms with Gasteiger partial charge in [0.15, 0.2) is 13.8 Å². The zero-order chi connectivity index (χ0) is 15.9. The normalized spacial score (nSPS) is 23.1. The number of hydrogen-bond donors (Lipinski definition) is 0. The van der Waals surface area contributed by atoms with Crippen LogP contribution in [0.3, 0.4) is 0 Å². The Morgan fingerprint density at radius 1 is 1.19 bits per heavy atom. The summed E-state index contributed by atoms with van der Waals surface area (Å²) < 4.78 is 36.1.